The van der Waals surface area contributed by atoms with Gasteiger partial charge in [0, 0.05) is 16.9 Å². The Morgan fingerprint density at radius 2 is 1.75 bits per heavy atom. The molecule has 0 fully saturated rings. The van der Waals surface area contributed by atoms with E-state index in [1.54, 1.807) is 25.1 Å². The van der Waals surface area contributed by atoms with E-state index in [-0.39, 0.29) is 16.7 Å². The second-order valence-electron chi connectivity index (χ2n) is 6.92. The number of halogens is 1. The van der Waals surface area contributed by atoms with Crippen molar-refractivity contribution in [1.82, 2.24) is 0 Å². The molecule has 1 heterocycles. The van der Waals surface area contributed by atoms with Crippen molar-refractivity contribution in [3.8, 4) is 0 Å². The van der Waals surface area contributed by atoms with Crippen LogP contribution in [0, 0.1) is 5.82 Å². The fourth-order valence-electron chi connectivity index (χ4n) is 3.25. The molecule has 4 nitrogen and oxygen atoms in total. The molecule has 0 saturated heterocycles. The minimum atomic E-state index is -0.630. The van der Waals surface area contributed by atoms with Crippen molar-refractivity contribution in [1.29, 1.82) is 0 Å². The SMILES string of the molecule is COC(=O)C1=C(C)N(c2ccc(C(C)C)cc2)C(=O)/C1=C\c1ccccc1F. The summed E-state index contributed by atoms with van der Waals surface area (Å²) in [6, 6.07) is 13.7. The summed E-state index contributed by atoms with van der Waals surface area (Å²) < 4.78 is 19.0. The van der Waals surface area contributed by atoms with E-state index in [1.165, 1.54) is 24.2 Å². The zero-order chi connectivity index (χ0) is 20.4. The van der Waals surface area contributed by atoms with Gasteiger partial charge in [-0.25, -0.2) is 9.18 Å². The number of methoxy groups -OCH3 is 1. The lowest BCUT2D eigenvalue weighted by molar-refractivity contribution is -0.136. The van der Waals surface area contributed by atoms with Crippen LogP contribution in [-0.2, 0) is 14.3 Å². The third-order valence-corrected chi connectivity index (χ3v) is 4.81. The Balaban J connectivity index is 2.11. The van der Waals surface area contributed by atoms with Crippen LogP contribution in [0.4, 0.5) is 10.1 Å². The number of allylic oxidation sites excluding steroid dienone is 1. The standard InChI is InChI=1S/C23H22FNO3/c1-14(2)16-9-11-18(12-10-16)25-15(3)21(23(27)28-4)19(22(25)26)13-17-7-5-6-8-20(17)24/h5-14H,1-4H3/b19-13-. The van der Waals surface area contributed by atoms with Gasteiger partial charge in [0.25, 0.3) is 5.91 Å². The largest absolute Gasteiger partial charge is 0.465 e. The van der Waals surface area contributed by atoms with E-state index in [9.17, 15) is 14.0 Å². The molecule has 28 heavy (non-hydrogen) atoms. The lowest BCUT2D eigenvalue weighted by Crippen LogP contribution is -2.24. The minimum Gasteiger partial charge on any atom is -0.465 e. The Labute approximate surface area is 163 Å². The van der Waals surface area contributed by atoms with Crippen LogP contribution in [0.25, 0.3) is 6.08 Å². The van der Waals surface area contributed by atoms with Crippen LogP contribution in [0.1, 0.15) is 37.8 Å². The van der Waals surface area contributed by atoms with Crippen molar-refractivity contribution in [2.75, 3.05) is 12.0 Å². The summed E-state index contributed by atoms with van der Waals surface area (Å²) in [5, 5.41) is 0. The second kappa shape index (κ2) is 7.80. The maximum absolute atomic E-state index is 14.1. The van der Waals surface area contributed by atoms with Gasteiger partial charge in [0.15, 0.2) is 0 Å². The maximum atomic E-state index is 14.1. The van der Waals surface area contributed by atoms with Gasteiger partial charge in [0.1, 0.15) is 5.82 Å². The Morgan fingerprint density at radius 1 is 1.11 bits per heavy atom. The average molecular weight is 379 g/mol. The van der Waals surface area contributed by atoms with Crippen molar-refractivity contribution >= 4 is 23.6 Å². The van der Waals surface area contributed by atoms with Crippen molar-refractivity contribution in [3.63, 3.8) is 0 Å². The van der Waals surface area contributed by atoms with Gasteiger partial charge < -0.3 is 4.74 Å². The van der Waals surface area contributed by atoms with Crippen LogP contribution in [-0.4, -0.2) is 19.0 Å². The van der Waals surface area contributed by atoms with E-state index < -0.39 is 17.7 Å². The minimum absolute atomic E-state index is 0.113. The molecule has 2 aromatic rings. The molecule has 0 bridgehead atoms. The van der Waals surface area contributed by atoms with Gasteiger partial charge >= 0.3 is 5.97 Å². The van der Waals surface area contributed by atoms with Crippen LogP contribution < -0.4 is 4.90 Å². The number of carbonyl (C=O) groups excluding carboxylic acids is 2. The summed E-state index contributed by atoms with van der Waals surface area (Å²) in [5.41, 5.74) is 2.73. The molecule has 2 aromatic carbocycles. The number of esters is 1. The molecule has 0 saturated carbocycles. The number of carbonyl (C=O) groups is 2. The number of ether oxygens (including phenoxy) is 1. The molecule has 0 unspecified atom stereocenters. The Hall–Kier alpha value is -3.21. The summed E-state index contributed by atoms with van der Waals surface area (Å²) in [7, 11) is 1.26. The zero-order valence-electron chi connectivity index (χ0n) is 16.3. The molecule has 0 spiro atoms. The highest BCUT2D eigenvalue weighted by atomic mass is 19.1. The van der Waals surface area contributed by atoms with E-state index in [0.717, 1.165) is 5.56 Å². The van der Waals surface area contributed by atoms with E-state index in [4.69, 9.17) is 4.74 Å². The topological polar surface area (TPSA) is 46.6 Å². The van der Waals surface area contributed by atoms with Crippen molar-refractivity contribution in [2.45, 2.75) is 26.7 Å². The first-order valence-electron chi connectivity index (χ1n) is 9.05. The van der Waals surface area contributed by atoms with Crippen LogP contribution >= 0.6 is 0 Å². The fourth-order valence-corrected chi connectivity index (χ4v) is 3.25. The zero-order valence-corrected chi connectivity index (χ0v) is 16.3. The Bertz CT molecular complexity index is 987. The number of hydrogen-bond acceptors (Lipinski definition) is 3. The van der Waals surface area contributed by atoms with Crippen LogP contribution in [0.2, 0.25) is 0 Å². The summed E-state index contributed by atoms with van der Waals surface area (Å²) in [4.78, 5) is 27.0. The van der Waals surface area contributed by atoms with Crippen molar-refractivity contribution < 1.29 is 18.7 Å². The number of amides is 1. The van der Waals surface area contributed by atoms with Gasteiger partial charge in [0.2, 0.25) is 0 Å². The second-order valence-corrected chi connectivity index (χ2v) is 6.92. The van der Waals surface area contributed by atoms with E-state index in [1.807, 2.05) is 24.3 Å². The van der Waals surface area contributed by atoms with Crippen LogP contribution in [0.15, 0.2) is 65.4 Å². The van der Waals surface area contributed by atoms with Gasteiger partial charge in [-0.05, 0) is 42.7 Å². The lowest BCUT2D eigenvalue weighted by atomic mass is 10.0. The quantitative estimate of drug-likeness (QED) is 0.565. The molecule has 5 heteroatoms. The average Bonchev–Trinajstić information content (AvgIpc) is 2.93. The third kappa shape index (κ3) is 3.48. The van der Waals surface area contributed by atoms with Crippen LogP contribution in [0.3, 0.4) is 0 Å². The van der Waals surface area contributed by atoms with Crippen molar-refractivity contribution in [2.24, 2.45) is 0 Å². The number of hydrogen-bond donors (Lipinski definition) is 0. The Kier molecular flexibility index (Phi) is 5.45. The molecule has 0 radical (unpaired) electrons. The van der Waals surface area contributed by atoms with Gasteiger partial charge in [-0.1, -0.05) is 44.2 Å². The molecular formula is C23H22FNO3. The Morgan fingerprint density at radius 3 is 2.32 bits per heavy atom. The lowest BCUT2D eigenvalue weighted by Gasteiger charge is -2.19. The number of benzene rings is 2. The predicted molar refractivity (Wildman–Crippen MR) is 107 cm³/mol. The monoisotopic (exact) mass is 379 g/mol. The molecule has 0 atom stereocenters. The highest BCUT2D eigenvalue weighted by Gasteiger charge is 2.38. The van der Waals surface area contributed by atoms with E-state index in [2.05, 4.69) is 13.8 Å². The molecule has 1 aliphatic rings. The van der Waals surface area contributed by atoms with Gasteiger partial charge in [-0.15, -0.1) is 0 Å². The van der Waals surface area contributed by atoms with Gasteiger partial charge in [-0.3, -0.25) is 9.69 Å². The summed E-state index contributed by atoms with van der Waals surface area (Å²) in [5.74, 6) is -1.13. The molecule has 0 aliphatic carbocycles. The molecule has 0 aromatic heterocycles. The molecule has 1 aliphatic heterocycles. The van der Waals surface area contributed by atoms with Gasteiger partial charge in [0.05, 0.1) is 18.3 Å². The summed E-state index contributed by atoms with van der Waals surface area (Å²) in [6.45, 7) is 5.86. The van der Waals surface area contributed by atoms with Gasteiger partial charge in [-0.2, -0.15) is 0 Å². The van der Waals surface area contributed by atoms with Crippen LogP contribution in [0.5, 0.6) is 0 Å². The molecule has 3 rings (SSSR count). The first-order chi connectivity index (χ1) is 13.3. The van der Waals surface area contributed by atoms with E-state index >= 15 is 0 Å². The summed E-state index contributed by atoms with van der Waals surface area (Å²) in [6.07, 6.45) is 1.40. The molecule has 0 N–H and O–H groups in total. The molecule has 1 amide bonds. The summed E-state index contributed by atoms with van der Waals surface area (Å²) >= 11 is 0. The third-order valence-electron chi connectivity index (χ3n) is 4.81. The fraction of sp³-hybridized carbons (Fsp3) is 0.217. The number of anilines is 1. The normalized spacial score (nSPS) is 15.7. The highest BCUT2D eigenvalue weighted by Crippen LogP contribution is 2.36. The first kappa shape index (κ1) is 19.5. The molecular weight excluding hydrogens is 357 g/mol. The smallest absolute Gasteiger partial charge is 0.340 e. The maximum Gasteiger partial charge on any atom is 0.340 e. The van der Waals surface area contributed by atoms with Crippen molar-refractivity contribution in [3.05, 3.63) is 82.3 Å². The number of rotatable bonds is 4. The van der Waals surface area contributed by atoms with E-state index in [0.29, 0.717) is 17.3 Å². The number of nitrogens with zero attached hydrogens (tertiary/aromatic N) is 1. The first-order valence-corrected chi connectivity index (χ1v) is 9.05. The molecule has 144 valence electrons. The predicted octanol–water partition coefficient (Wildman–Crippen LogP) is 4.83. The highest BCUT2D eigenvalue weighted by molar-refractivity contribution is 6.23.